The number of hydrogen-bond acceptors (Lipinski definition) is 4. The van der Waals surface area contributed by atoms with Crippen LogP contribution in [0.4, 0.5) is 0 Å². The fourth-order valence-electron chi connectivity index (χ4n) is 3.20. The molecule has 26 heavy (non-hydrogen) atoms. The molecule has 2 atom stereocenters. The first-order valence-electron chi connectivity index (χ1n) is 8.81. The minimum Gasteiger partial charge on any atom is -0.497 e. The number of carbonyl (C=O) groups is 2. The number of benzene rings is 2. The van der Waals surface area contributed by atoms with Crippen LogP contribution in [0.1, 0.15) is 47.3 Å². The Morgan fingerprint density at radius 3 is 2.58 bits per heavy atom. The predicted molar refractivity (Wildman–Crippen MR) is 98.1 cm³/mol. The molecule has 1 aliphatic carbocycles. The lowest BCUT2D eigenvalue weighted by Crippen LogP contribution is -2.39. The second kappa shape index (κ2) is 8.04. The molecular weight excluding hydrogens is 330 g/mol. The molecule has 0 heterocycles. The Morgan fingerprint density at radius 1 is 1.12 bits per heavy atom. The largest absolute Gasteiger partial charge is 0.497 e. The van der Waals surface area contributed by atoms with Crippen LogP contribution in [0.15, 0.2) is 48.5 Å². The Kier molecular flexibility index (Phi) is 5.56. The summed E-state index contributed by atoms with van der Waals surface area (Å²) in [5.41, 5.74) is 2.81. The van der Waals surface area contributed by atoms with E-state index in [2.05, 4.69) is 11.4 Å². The molecule has 0 bridgehead atoms. The third-order valence-electron chi connectivity index (χ3n) is 4.66. The first-order valence-corrected chi connectivity index (χ1v) is 8.81. The third-order valence-corrected chi connectivity index (χ3v) is 4.66. The normalized spacial score (nSPS) is 16.9. The van der Waals surface area contributed by atoms with Crippen molar-refractivity contribution in [2.24, 2.45) is 0 Å². The molecule has 3 rings (SSSR count). The average Bonchev–Trinajstić information content (AvgIpc) is 2.68. The number of esters is 1. The average molecular weight is 353 g/mol. The number of ether oxygens (including phenoxy) is 2. The maximum absolute atomic E-state index is 12.5. The van der Waals surface area contributed by atoms with Gasteiger partial charge in [0.15, 0.2) is 6.10 Å². The molecule has 1 N–H and O–H groups in total. The van der Waals surface area contributed by atoms with Crippen LogP contribution in [0.2, 0.25) is 0 Å². The summed E-state index contributed by atoms with van der Waals surface area (Å²) >= 11 is 0. The maximum Gasteiger partial charge on any atom is 0.338 e. The quantitative estimate of drug-likeness (QED) is 0.837. The Balaban J connectivity index is 1.60. The number of hydrogen-bond donors (Lipinski definition) is 1. The van der Waals surface area contributed by atoms with Crippen LogP contribution in [0, 0.1) is 0 Å². The SMILES string of the molecule is COc1ccc(C(=O)O[C@H](C)C(=O)N[C@H]2CCCc3ccccc32)cc1. The van der Waals surface area contributed by atoms with Gasteiger partial charge in [0.25, 0.3) is 5.91 Å². The van der Waals surface area contributed by atoms with Crippen molar-refractivity contribution in [2.75, 3.05) is 7.11 Å². The monoisotopic (exact) mass is 353 g/mol. The van der Waals surface area contributed by atoms with Crippen LogP contribution in [-0.2, 0) is 16.0 Å². The molecule has 136 valence electrons. The fourth-order valence-corrected chi connectivity index (χ4v) is 3.20. The lowest BCUT2D eigenvalue weighted by Gasteiger charge is -2.27. The Bertz CT molecular complexity index is 785. The fraction of sp³-hybridized carbons (Fsp3) is 0.333. The van der Waals surface area contributed by atoms with Crippen molar-refractivity contribution in [1.82, 2.24) is 5.32 Å². The first-order chi connectivity index (χ1) is 12.6. The molecule has 0 unspecified atom stereocenters. The topological polar surface area (TPSA) is 64.6 Å². The van der Waals surface area contributed by atoms with Crippen LogP contribution in [0.5, 0.6) is 5.75 Å². The van der Waals surface area contributed by atoms with Gasteiger partial charge in [0.2, 0.25) is 0 Å². The highest BCUT2D eigenvalue weighted by Crippen LogP contribution is 2.29. The summed E-state index contributed by atoms with van der Waals surface area (Å²) in [5.74, 6) is -0.156. The van der Waals surface area contributed by atoms with E-state index in [9.17, 15) is 9.59 Å². The number of amides is 1. The Morgan fingerprint density at radius 2 is 1.85 bits per heavy atom. The molecule has 0 spiro atoms. The first kappa shape index (κ1) is 18.0. The minimum atomic E-state index is -0.862. The van der Waals surface area contributed by atoms with Gasteiger partial charge in [-0.3, -0.25) is 4.79 Å². The van der Waals surface area contributed by atoms with Gasteiger partial charge in [-0.1, -0.05) is 24.3 Å². The summed E-state index contributed by atoms with van der Waals surface area (Å²) in [6.45, 7) is 1.59. The molecule has 0 aromatic heterocycles. The zero-order valence-corrected chi connectivity index (χ0v) is 15.0. The van der Waals surface area contributed by atoms with Gasteiger partial charge in [-0.05, 0) is 61.6 Å². The van der Waals surface area contributed by atoms with E-state index >= 15 is 0 Å². The zero-order chi connectivity index (χ0) is 18.5. The van der Waals surface area contributed by atoms with Gasteiger partial charge in [-0.25, -0.2) is 4.79 Å². The molecular formula is C21H23NO4. The lowest BCUT2D eigenvalue weighted by molar-refractivity contribution is -0.130. The second-order valence-corrected chi connectivity index (χ2v) is 6.43. The van der Waals surface area contributed by atoms with Crippen molar-refractivity contribution in [1.29, 1.82) is 0 Å². The van der Waals surface area contributed by atoms with Crippen LogP contribution < -0.4 is 10.1 Å². The number of carbonyl (C=O) groups excluding carboxylic acids is 2. The molecule has 1 aliphatic rings. The molecule has 5 heteroatoms. The molecule has 0 saturated carbocycles. The summed E-state index contributed by atoms with van der Waals surface area (Å²) in [7, 11) is 1.56. The third kappa shape index (κ3) is 4.04. The van der Waals surface area contributed by atoms with Gasteiger partial charge in [0, 0.05) is 0 Å². The molecule has 0 saturated heterocycles. The van der Waals surface area contributed by atoms with Gasteiger partial charge in [0.1, 0.15) is 5.75 Å². The minimum absolute atomic E-state index is 0.0328. The Labute approximate surface area is 153 Å². The van der Waals surface area contributed by atoms with E-state index in [0.29, 0.717) is 11.3 Å². The zero-order valence-electron chi connectivity index (χ0n) is 15.0. The van der Waals surface area contributed by atoms with E-state index < -0.39 is 12.1 Å². The molecule has 2 aromatic rings. The number of fused-ring (bicyclic) bond motifs is 1. The van der Waals surface area contributed by atoms with Crippen molar-refractivity contribution in [2.45, 2.75) is 38.3 Å². The predicted octanol–water partition coefficient (Wildman–Crippen LogP) is 3.43. The molecule has 0 aliphatic heterocycles. The van der Waals surface area contributed by atoms with Gasteiger partial charge in [0.05, 0.1) is 18.7 Å². The molecule has 2 aromatic carbocycles. The summed E-state index contributed by atoms with van der Waals surface area (Å²) < 4.78 is 10.4. The van der Waals surface area contributed by atoms with Crippen molar-refractivity contribution in [3.05, 3.63) is 65.2 Å². The van der Waals surface area contributed by atoms with Gasteiger partial charge in [-0.15, -0.1) is 0 Å². The highest BCUT2D eigenvalue weighted by atomic mass is 16.5. The Hall–Kier alpha value is -2.82. The van der Waals surface area contributed by atoms with Gasteiger partial charge < -0.3 is 14.8 Å². The summed E-state index contributed by atoms with van der Waals surface area (Å²) in [6.07, 6.45) is 2.09. The maximum atomic E-state index is 12.5. The standard InChI is InChI=1S/C21H23NO4/c1-14(26-21(24)16-10-12-17(25-2)13-11-16)20(23)22-19-9-5-7-15-6-3-4-8-18(15)19/h3-4,6,8,10-14,19H,5,7,9H2,1-2H3,(H,22,23)/t14-,19+/m1/s1. The van der Waals surface area contributed by atoms with Gasteiger partial charge in [-0.2, -0.15) is 0 Å². The molecule has 1 amide bonds. The van der Waals surface area contributed by atoms with Crippen LogP contribution in [0.25, 0.3) is 0 Å². The van der Waals surface area contributed by atoms with E-state index in [0.717, 1.165) is 24.8 Å². The van der Waals surface area contributed by atoms with E-state index in [-0.39, 0.29) is 11.9 Å². The van der Waals surface area contributed by atoms with Crippen molar-refractivity contribution in [3.63, 3.8) is 0 Å². The highest BCUT2D eigenvalue weighted by Gasteiger charge is 2.25. The molecule has 0 fully saturated rings. The lowest BCUT2D eigenvalue weighted by atomic mass is 9.87. The van der Waals surface area contributed by atoms with E-state index in [1.165, 1.54) is 5.56 Å². The molecule has 5 nitrogen and oxygen atoms in total. The summed E-state index contributed by atoms with van der Waals surface area (Å²) in [6, 6.07) is 14.7. The van der Waals surface area contributed by atoms with Crippen molar-refractivity contribution < 1.29 is 19.1 Å². The van der Waals surface area contributed by atoms with Crippen LogP contribution >= 0.6 is 0 Å². The van der Waals surface area contributed by atoms with E-state index in [1.807, 2.05) is 18.2 Å². The van der Waals surface area contributed by atoms with E-state index in [1.54, 1.807) is 38.3 Å². The second-order valence-electron chi connectivity index (χ2n) is 6.43. The summed E-state index contributed by atoms with van der Waals surface area (Å²) in [4.78, 5) is 24.7. The van der Waals surface area contributed by atoms with Crippen molar-refractivity contribution >= 4 is 11.9 Å². The van der Waals surface area contributed by atoms with Crippen molar-refractivity contribution in [3.8, 4) is 5.75 Å². The number of rotatable bonds is 5. The van der Waals surface area contributed by atoms with Crippen LogP contribution in [0.3, 0.4) is 0 Å². The smallest absolute Gasteiger partial charge is 0.338 e. The molecule has 0 radical (unpaired) electrons. The number of aryl methyl sites for hydroxylation is 1. The van der Waals surface area contributed by atoms with E-state index in [4.69, 9.17) is 9.47 Å². The van der Waals surface area contributed by atoms with Gasteiger partial charge >= 0.3 is 5.97 Å². The summed E-state index contributed by atoms with van der Waals surface area (Å²) in [5, 5.41) is 3.01. The number of methoxy groups -OCH3 is 1. The number of nitrogens with one attached hydrogen (secondary N) is 1. The highest BCUT2D eigenvalue weighted by molar-refractivity contribution is 5.92. The van der Waals surface area contributed by atoms with Crippen LogP contribution in [-0.4, -0.2) is 25.1 Å².